The van der Waals surface area contributed by atoms with E-state index in [-0.39, 0.29) is 29.7 Å². The van der Waals surface area contributed by atoms with Gasteiger partial charge >= 0.3 is 5.97 Å². The number of hydrogen-bond donors (Lipinski definition) is 5. The Labute approximate surface area is 275 Å². The molecule has 0 aromatic heterocycles. The van der Waals surface area contributed by atoms with Gasteiger partial charge in [0.25, 0.3) is 0 Å². The van der Waals surface area contributed by atoms with Crippen LogP contribution in [0.25, 0.3) is 0 Å². The fraction of sp³-hybridized carbons (Fsp3) is 0.730. The first-order valence-electron chi connectivity index (χ1n) is 17.9. The lowest BCUT2D eigenvalue weighted by Crippen LogP contribution is -2.42. The van der Waals surface area contributed by atoms with Crippen LogP contribution >= 0.6 is 0 Å². The number of ether oxygens (including phenoxy) is 2. The molecular formula is C37H56N4O5. The Morgan fingerprint density at radius 1 is 1.15 bits per heavy atom. The Bertz CT molecular complexity index is 1250. The second kappa shape index (κ2) is 16.2. The van der Waals surface area contributed by atoms with Gasteiger partial charge < -0.3 is 36.1 Å². The molecule has 2 aliphatic heterocycles. The molecule has 9 heteroatoms. The number of phenolic OH excluding ortho intramolecular Hbond substituents is 1. The molecule has 5 rings (SSSR count). The molecule has 9 nitrogen and oxygen atoms in total. The van der Waals surface area contributed by atoms with Crippen LogP contribution in [-0.2, 0) is 16.0 Å². The number of carbonyl (C=O) groups excluding carboxylic acids is 1. The summed E-state index contributed by atoms with van der Waals surface area (Å²) < 4.78 is 12.4. The van der Waals surface area contributed by atoms with E-state index in [4.69, 9.17) is 20.2 Å². The van der Waals surface area contributed by atoms with Crippen LogP contribution in [0.1, 0.15) is 109 Å². The molecule has 4 bridgehead atoms. The minimum absolute atomic E-state index is 0.0448. The smallest absolute Gasteiger partial charge is 0.302 e. The van der Waals surface area contributed by atoms with Crippen molar-refractivity contribution < 1.29 is 24.5 Å². The number of aliphatic imine (C=N–C) groups is 1. The average Bonchev–Trinajstić information content (AvgIpc) is 3.04. The molecule has 254 valence electrons. The van der Waals surface area contributed by atoms with E-state index in [9.17, 15) is 15.0 Å². The third-order valence-corrected chi connectivity index (χ3v) is 10.8. The summed E-state index contributed by atoms with van der Waals surface area (Å²) >= 11 is 0. The van der Waals surface area contributed by atoms with Gasteiger partial charge in [-0.15, -0.1) is 0 Å². The van der Waals surface area contributed by atoms with Gasteiger partial charge in [0.2, 0.25) is 0 Å². The average molecular weight is 637 g/mol. The predicted octanol–water partition coefficient (Wildman–Crippen LogP) is 4.96. The minimum atomic E-state index is -0.649. The SMILES string of the molecule is CC[C@]1(CN=C(N)NC2CCCCC2)C#C[C@H]2CCC[C@H]3C[C@H](CCN3)Oc3cc(ccc3O)C[C@H]2[C@@H](OC(C)=O)C[C@@H](O)CC1. The fourth-order valence-electron chi connectivity index (χ4n) is 7.93. The van der Waals surface area contributed by atoms with Crippen molar-refractivity contribution in [3.63, 3.8) is 0 Å². The van der Waals surface area contributed by atoms with Crippen molar-refractivity contribution >= 4 is 11.9 Å². The first-order chi connectivity index (χ1) is 22.2. The summed E-state index contributed by atoms with van der Waals surface area (Å²) in [5.74, 6) is 8.01. The van der Waals surface area contributed by atoms with Gasteiger partial charge in [-0.3, -0.25) is 9.79 Å². The third-order valence-electron chi connectivity index (χ3n) is 10.8. The maximum absolute atomic E-state index is 12.4. The molecule has 2 fully saturated rings. The summed E-state index contributed by atoms with van der Waals surface area (Å²) in [7, 11) is 0. The van der Waals surface area contributed by atoms with Crippen LogP contribution in [0.15, 0.2) is 23.2 Å². The zero-order chi connectivity index (χ0) is 32.5. The number of guanidine groups is 1. The van der Waals surface area contributed by atoms with Gasteiger partial charge in [0.1, 0.15) is 12.2 Å². The number of nitrogens with two attached hydrogens (primary N) is 1. The van der Waals surface area contributed by atoms with Crippen LogP contribution in [0, 0.1) is 29.1 Å². The lowest BCUT2D eigenvalue weighted by molar-refractivity contribution is -0.152. The highest BCUT2D eigenvalue weighted by Gasteiger charge is 2.37. The number of nitrogens with one attached hydrogen (secondary N) is 2. The zero-order valence-corrected chi connectivity index (χ0v) is 27.9. The van der Waals surface area contributed by atoms with Gasteiger partial charge in [0.05, 0.1) is 18.1 Å². The number of aromatic hydroxyl groups is 1. The maximum atomic E-state index is 12.4. The molecule has 4 aliphatic rings. The second-order valence-corrected chi connectivity index (χ2v) is 14.3. The number of rotatable bonds is 5. The molecule has 0 unspecified atom stereocenters. The molecule has 46 heavy (non-hydrogen) atoms. The Balaban J connectivity index is 1.49. The number of hydrogen-bond acceptors (Lipinski definition) is 7. The van der Waals surface area contributed by atoms with Crippen LogP contribution in [0.2, 0.25) is 0 Å². The molecule has 1 aromatic carbocycles. The lowest BCUT2D eigenvalue weighted by atomic mass is 9.74. The third kappa shape index (κ3) is 9.54. The number of fused-ring (bicyclic) bond motifs is 5. The van der Waals surface area contributed by atoms with Crippen molar-refractivity contribution in [2.75, 3.05) is 13.1 Å². The summed E-state index contributed by atoms with van der Waals surface area (Å²) in [4.78, 5) is 17.3. The van der Waals surface area contributed by atoms with E-state index >= 15 is 0 Å². The van der Waals surface area contributed by atoms with E-state index in [1.807, 2.05) is 12.1 Å². The normalized spacial score (nSPS) is 32.9. The van der Waals surface area contributed by atoms with Crippen LogP contribution in [0.5, 0.6) is 11.5 Å². The Kier molecular flexibility index (Phi) is 12.1. The van der Waals surface area contributed by atoms with Crippen molar-refractivity contribution in [3.05, 3.63) is 23.8 Å². The Morgan fingerprint density at radius 2 is 1.98 bits per heavy atom. The number of esters is 1. The summed E-state index contributed by atoms with van der Waals surface area (Å²) in [5.41, 5.74) is 6.98. The lowest BCUT2D eigenvalue weighted by Gasteiger charge is -2.35. The molecule has 2 heterocycles. The van der Waals surface area contributed by atoms with Gasteiger partial charge in [0, 0.05) is 37.3 Å². The highest BCUT2D eigenvalue weighted by atomic mass is 16.5. The van der Waals surface area contributed by atoms with E-state index in [1.54, 1.807) is 6.07 Å². The van der Waals surface area contributed by atoms with Gasteiger partial charge in [-0.25, -0.2) is 0 Å². The molecular weight excluding hydrogens is 580 g/mol. The molecule has 1 aromatic rings. The molecule has 0 radical (unpaired) electrons. The van der Waals surface area contributed by atoms with Crippen LogP contribution in [0.4, 0.5) is 0 Å². The number of piperidine rings is 1. The molecule has 0 amide bonds. The minimum Gasteiger partial charge on any atom is -0.504 e. The number of nitrogens with zero attached hydrogens (tertiary/aromatic N) is 1. The number of aliphatic hydroxyl groups excluding tert-OH is 1. The highest BCUT2D eigenvalue weighted by molar-refractivity contribution is 5.78. The van der Waals surface area contributed by atoms with E-state index < -0.39 is 17.6 Å². The summed E-state index contributed by atoms with van der Waals surface area (Å²) in [6.45, 7) is 4.95. The number of benzene rings is 1. The van der Waals surface area contributed by atoms with E-state index in [0.717, 1.165) is 63.5 Å². The van der Waals surface area contributed by atoms with Gasteiger partial charge in [0.15, 0.2) is 17.5 Å². The predicted molar refractivity (Wildman–Crippen MR) is 180 cm³/mol. The van der Waals surface area contributed by atoms with Crippen molar-refractivity contribution in [2.45, 2.75) is 141 Å². The largest absolute Gasteiger partial charge is 0.504 e. The van der Waals surface area contributed by atoms with E-state index in [1.165, 1.54) is 26.2 Å². The van der Waals surface area contributed by atoms with Crippen LogP contribution < -0.4 is 21.1 Å². The van der Waals surface area contributed by atoms with Gasteiger partial charge in [-0.05, 0) is 88.4 Å². The maximum Gasteiger partial charge on any atom is 0.302 e. The van der Waals surface area contributed by atoms with Crippen molar-refractivity contribution in [1.29, 1.82) is 0 Å². The van der Waals surface area contributed by atoms with Crippen molar-refractivity contribution in [3.8, 4) is 23.3 Å². The van der Waals surface area contributed by atoms with Crippen molar-refractivity contribution in [2.24, 2.45) is 28.0 Å². The summed E-state index contributed by atoms with van der Waals surface area (Å²) in [6.07, 6.45) is 12.4. The molecule has 6 N–H and O–H groups in total. The van der Waals surface area contributed by atoms with Gasteiger partial charge in [-0.1, -0.05) is 50.5 Å². The standard InChI is InChI=1S/C37H56N4O5/c1-3-37(24-40-36(38)41-28-9-5-4-6-10-28)17-14-27-8-7-11-29-22-31(16-19-39-29)46-35-21-26(12-13-33(35)44)20-32(27)34(45-25(2)42)23-30(43)15-18-37/h12-13,21,27-32,34,39,43-44H,3-11,15-16,18-20,22-24H2,1-2H3,(H3,38,40,41)/t27-,29+,30+,31+,32-,34+,37+/m1/s1. The Hall–Kier alpha value is -2.96. The summed E-state index contributed by atoms with van der Waals surface area (Å²) in [5, 5.41) is 29.2. The fourth-order valence-corrected chi connectivity index (χ4v) is 7.93. The second-order valence-electron chi connectivity index (χ2n) is 14.3. The van der Waals surface area contributed by atoms with E-state index in [0.29, 0.717) is 56.0 Å². The molecule has 1 saturated heterocycles. The van der Waals surface area contributed by atoms with Crippen LogP contribution in [-0.4, -0.2) is 65.6 Å². The van der Waals surface area contributed by atoms with Crippen molar-refractivity contribution in [1.82, 2.24) is 10.6 Å². The first-order valence-corrected chi connectivity index (χ1v) is 17.9. The van der Waals surface area contributed by atoms with Crippen LogP contribution in [0.3, 0.4) is 0 Å². The molecule has 7 atom stereocenters. The number of aliphatic hydroxyl groups is 1. The molecule has 2 aliphatic carbocycles. The monoisotopic (exact) mass is 636 g/mol. The number of carbonyl (C=O) groups is 1. The topological polar surface area (TPSA) is 138 Å². The number of phenols is 1. The van der Waals surface area contributed by atoms with Gasteiger partial charge in [-0.2, -0.15) is 0 Å². The summed E-state index contributed by atoms with van der Waals surface area (Å²) in [6, 6.07) is 6.26. The highest BCUT2D eigenvalue weighted by Crippen LogP contribution is 2.38. The molecule has 1 saturated carbocycles. The molecule has 0 spiro atoms. The van der Waals surface area contributed by atoms with E-state index in [2.05, 4.69) is 29.4 Å². The first kappa shape index (κ1) is 34.4. The quantitative estimate of drug-likeness (QED) is 0.132. The zero-order valence-electron chi connectivity index (χ0n) is 27.9. The Morgan fingerprint density at radius 3 is 2.76 bits per heavy atom.